The van der Waals surface area contributed by atoms with Gasteiger partial charge in [-0.3, -0.25) is 4.79 Å². The van der Waals surface area contributed by atoms with Gasteiger partial charge in [-0.05, 0) is 38.8 Å². The molecule has 0 aliphatic carbocycles. The van der Waals surface area contributed by atoms with Crippen molar-refractivity contribution in [1.82, 2.24) is 4.31 Å². The van der Waals surface area contributed by atoms with Gasteiger partial charge in [0, 0.05) is 17.5 Å². The number of rotatable bonds is 3. The van der Waals surface area contributed by atoms with E-state index < -0.39 is 21.9 Å². The third-order valence-electron chi connectivity index (χ3n) is 3.45. The van der Waals surface area contributed by atoms with Gasteiger partial charge >= 0.3 is 5.97 Å². The van der Waals surface area contributed by atoms with E-state index in [1.165, 1.54) is 15.6 Å². The molecule has 1 aromatic rings. The summed E-state index contributed by atoms with van der Waals surface area (Å²) in [4.78, 5) is 12.0. The summed E-state index contributed by atoms with van der Waals surface area (Å²) in [6.45, 7) is 3.75. The SMILES string of the molecule is Cc1ccc(S(=O)(=O)N2CC(C(=O)O)CCC2C)s1. The van der Waals surface area contributed by atoms with E-state index in [1.807, 2.05) is 13.8 Å². The van der Waals surface area contributed by atoms with Gasteiger partial charge < -0.3 is 5.11 Å². The molecule has 0 saturated carbocycles. The first-order valence-corrected chi connectivity index (χ1v) is 8.39. The molecule has 0 spiro atoms. The van der Waals surface area contributed by atoms with Crippen molar-refractivity contribution < 1.29 is 18.3 Å². The minimum atomic E-state index is -3.57. The summed E-state index contributed by atoms with van der Waals surface area (Å²) in [5.74, 6) is -1.53. The smallest absolute Gasteiger partial charge is 0.307 e. The lowest BCUT2D eigenvalue weighted by Crippen LogP contribution is -2.47. The summed E-state index contributed by atoms with van der Waals surface area (Å²) in [7, 11) is -3.57. The lowest BCUT2D eigenvalue weighted by molar-refractivity contribution is -0.143. The molecule has 5 nitrogen and oxygen atoms in total. The summed E-state index contributed by atoms with van der Waals surface area (Å²) in [6.07, 6.45) is 1.12. The van der Waals surface area contributed by atoms with Crippen LogP contribution in [0.5, 0.6) is 0 Å². The number of sulfonamides is 1. The zero-order chi connectivity index (χ0) is 14.2. The lowest BCUT2D eigenvalue weighted by Gasteiger charge is -2.34. The highest BCUT2D eigenvalue weighted by atomic mass is 32.2. The highest BCUT2D eigenvalue weighted by Gasteiger charge is 2.37. The second-order valence-corrected chi connectivity index (χ2v) is 8.31. The average Bonchev–Trinajstić information content (AvgIpc) is 2.76. The van der Waals surface area contributed by atoms with E-state index in [2.05, 4.69) is 0 Å². The molecule has 1 saturated heterocycles. The van der Waals surface area contributed by atoms with Crippen LogP contribution < -0.4 is 0 Å². The van der Waals surface area contributed by atoms with Crippen LogP contribution in [-0.4, -0.2) is 36.4 Å². The molecule has 0 radical (unpaired) electrons. The fourth-order valence-electron chi connectivity index (χ4n) is 2.28. The molecule has 1 aromatic heterocycles. The molecule has 0 amide bonds. The highest BCUT2D eigenvalue weighted by molar-refractivity contribution is 7.91. The Morgan fingerprint density at radius 3 is 2.63 bits per heavy atom. The third-order valence-corrected chi connectivity index (χ3v) is 6.90. The number of aryl methyl sites for hydroxylation is 1. The van der Waals surface area contributed by atoms with Gasteiger partial charge in [-0.15, -0.1) is 11.3 Å². The molecule has 1 N–H and O–H groups in total. The second kappa shape index (κ2) is 5.22. The van der Waals surface area contributed by atoms with Crippen molar-refractivity contribution in [2.45, 2.75) is 36.9 Å². The number of piperidine rings is 1. The zero-order valence-electron chi connectivity index (χ0n) is 10.9. The molecule has 2 heterocycles. The van der Waals surface area contributed by atoms with E-state index in [9.17, 15) is 13.2 Å². The molecule has 2 atom stereocenters. The summed E-state index contributed by atoms with van der Waals surface area (Å²) in [5.41, 5.74) is 0. The lowest BCUT2D eigenvalue weighted by atomic mass is 9.96. The molecule has 2 rings (SSSR count). The monoisotopic (exact) mass is 303 g/mol. The van der Waals surface area contributed by atoms with E-state index in [0.717, 1.165) is 4.88 Å². The molecule has 19 heavy (non-hydrogen) atoms. The van der Waals surface area contributed by atoms with E-state index >= 15 is 0 Å². The maximum atomic E-state index is 12.5. The van der Waals surface area contributed by atoms with Crippen molar-refractivity contribution >= 4 is 27.3 Å². The molecule has 2 unspecified atom stereocenters. The summed E-state index contributed by atoms with van der Waals surface area (Å²) >= 11 is 1.22. The van der Waals surface area contributed by atoms with Crippen LogP contribution in [-0.2, 0) is 14.8 Å². The fraction of sp³-hybridized carbons (Fsp3) is 0.583. The van der Waals surface area contributed by atoms with Gasteiger partial charge in [0.2, 0.25) is 0 Å². The molecule has 0 aromatic carbocycles. The first kappa shape index (κ1) is 14.5. The Labute approximate surface area is 116 Å². The van der Waals surface area contributed by atoms with Crippen molar-refractivity contribution in [3.8, 4) is 0 Å². The Balaban J connectivity index is 2.30. The Morgan fingerprint density at radius 2 is 2.11 bits per heavy atom. The van der Waals surface area contributed by atoms with Crippen molar-refractivity contribution in [3.63, 3.8) is 0 Å². The van der Waals surface area contributed by atoms with Gasteiger partial charge in [0.05, 0.1) is 5.92 Å². The van der Waals surface area contributed by atoms with Crippen molar-refractivity contribution in [3.05, 3.63) is 17.0 Å². The molecular formula is C12H17NO4S2. The Hall–Kier alpha value is -0.920. The summed E-state index contributed by atoms with van der Waals surface area (Å²) in [6, 6.07) is 3.20. The number of hydrogen-bond donors (Lipinski definition) is 1. The number of aliphatic carboxylic acids is 1. The maximum Gasteiger partial charge on any atom is 0.307 e. The minimum absolute atomic E-state index is 0.0653. The number of carboxylic acids is 1. The summed E-state index contributed by atoms with van der Waals surface area (Å²) in [5, 5.41) is 9.06. The molecule has 7 heteroatoms. The van der Waals surface area contributed by atoms with Crippen LogP contribution in [0.1, 0.15) is 24.6 Å². The topological polar surface area (TPSA) is 74.7 Å². The van der Waals surface area contributed by atoms with Gasteiger partial charge in [0.25, 0.3) is 10.0 Å². The molecule has 106 valence electrons. The van der Waals surface area contributed by atoms with Gasteiger partial charge in [-0.2, -0.15) is 4.31 Å². The third kappa shape index (κ3) is 2.82. The minimum Gasteiger partial charge on any atom is -0.481 e. The highest BCUT2D eigenvalue weighted by Crippen LogP contribution is 2.31. The maximum absolute atomic E-state index is 12.5. The van der Waals surface area contributed by atoms with Crippen LogP contribution in [0, 0.1) is 12.8 Å². The van der Waals surface area contributed by atoms with Crippen LogP contribution in [0.2, 0.25) is 0 Å². The van der Waals surface area contributed by atoms with Crippen LogP contribution in [0.25, 0.3) is 0 Å². The fourth-order valence-corrected chi connectivity index (χ4v) is 5.40. The van der Waals surface area contributed by atoms with Crippen LogP contribution >= 0.6 is 11.3 Å². The van der Waals surface area contributed by atoms with Crippen LogP contribution in [0.3, 0.4) is 0 Å². The second-order valence-electron chi connectivity index (χ2n) is 4.90. The molecule has 1 aliphatic rings. The number of nitrogens with zero attached hydrogens (tertiary/aromatic N) is 1. The number of carbonyl (C=O) groups is 1. The average molecular weight is 303 g/mol. The Bertz CT molecular complexity index is 578. The normalized spacial score (nSPS) is 25.4. The first-order chi connectivity index (χ1) is 8.82. The molecule has 1 fully saturated rings. The van der Waals surface area contributed by atoms with Crippen molar-refractivity contribution in [1.29, 1.82) is 0 Å². The van der Waals surface area contributed by atoms with Gasteiger partial charge in [0.1, 0.15) is 4.21 Å². The number of carboxylic acid groups (broad SMARTS) is 1. The first-order valence-electron chi connectivity index (χ1n) is 6.13. The summed E-state index contributed by atoms with van der Waals surface area (Å²) < 4.78 is 26.7. The number of thiophene rings is 1. The van der Waals surface area contributed by atoms with Gasteiger partial charge in [-0.25, -0.2) is 8.42 Å². The van der Waals surface area contributed by atoms with E-state index in [-0.39, 0.29) is 12.6 Å². The van der Waals surface area contributed by atoms with E-state index in [1.54, 1.807) is 12.1 Å². The van der Waals surface area contributed by atoms with Crippen molar-refractivity contribution in [2.75, 3.05) is 6.54 Å². The van der Waals surface area contributed by atoms with Gasteiger partial charge in [0.15, 0.2) is 0 Å². The standard InChI is InChI=1S/C12H17NO4S2/c1-8-3-5-10(12(14)15)7-13(8)19(16,17)11-6-4-9(2)18-11/h4,6,8,10H,3,5,7H2,1-2H3,(H,14,15). The molecular weight excluding hydrogens is 286 g/mol. The van der Waals surface area contributed by atoms with Crippen molar-refractivity contribution in [2.24, 2.45) is 5.92 Å². The number of hydrogen-bond acceptors (Lipinski definition) is 4. The predicted molar refractivity (Wildman–Crippen MR) is 72.8 cm³/mol. The van der Waals surface area contributed by atoms with Crippen LogP contribution in [0.15, 0.2) is 16.3 Å². The quantitative estimate of drug-likeness (QED) is 0.926. The Kier molecular flexibility index (Phi) is 3.98. The largest absolute Gasteiger partial charge is 0.481 e. The van der Waals surface area contributed by atoms with Crippen LogP contribution in [0.4, 0.5) is 0 Å². The van der Waals surface area contributed by atoms with E-state index in [4.69, 9.17) is 5.11 Å². The predicted octanol–water partition coefficient (Wildman–Crippen LogP) is 1.93. The van der Waals surface area contributed by atoms with Gasteiger partial charge in [-0.1, -0.05) is 0 Å². The zero-order valence-corrected chi connectivity index (χ0v) is 12.5. The molecule has 0 bridgehead atoms. The van der Waals surface area contributed by atoms with E-state index in [0.29, 0.717) is 17.1 Å². The molecule has 1 aliphatic heterocycles. The Morgan fingerprint density at radius 1 is 1.42 bits per heavy atom.